The molecule has 5 N–H and O–H groups in total. The van der Waals surface area contributed by atoms with Crippen molar-refractivity contribution < 1.29 is 36.2 Å². The number of benzene rings is 2. The summed E-state index contributed by atoms with van der Waals surface area (Å²) in [6.45, 7) is 0. The Morgan fingerprint density at radius 2 is 1.43 bits per heavy atom. The first-order valence-electron chi connectivity index (χ1n) is 7.52. The van der Waals surface area contributed by atoms with Gasteiger partial charge in [-0.2, -0.15) is 26.3 Å². The maximum atomic E-state index is 13.0. The Kier molecular flexibility index (Phi) is 5.57. The predicted molar refractivity (Wildman–Crippen MR) is 87.9 cm³/mol. The van der Waals surface area contributed by atoms with Gasteiger partial charge in [0.05, 0.1) is 11.1 Å². The molecule has 150 valence electrons. The molecule has 0 aromatic heterocycles. The summed E-state index contributed by atoms with van der Waals surface area (Å²) in [6.07, 6.45) is -10.2. The van der Waals surface area contributed by atoms with Gasteiger partial charge in [-0.1, -0.05) is 0 Å². The second-order valence-electron chi connectivity index (χ2n) is 5.75. The maximum absolute atomic E-state index is 13.0. The van der Waals surface area contributed by atoms with E-state index in [4.69, 9.17) is 11.1 Å². The van der Waals surface area contributed by atoms with Gasteiger partial charge in [-0.15, -0.1) is 0 Å². The normalized spacial score (nSPS) is 13.1. The van der Waals surface area contributed by atoms with E-state index in [9.17, 15) is 36.2 Å². The van der Waals surface area contributed by atoms with Crippen LogP contribution >= 0.6 is 0 Å². The highest BCUT2D eigenvalue weighted by Gasteiger charge is 2.38. The number of alkyl halides is 6. The number of hydrogen-bond acceptors (Lipinski definition) is 3. The molecule has 0 bridgehead atoms. The Morgan fingerprint density at radius 1 is 0.964 bits per heavy atom. The SMILES string of the molecule is N=C(N)c1ccc(NC(C(=O)O)c2cc(C(F)(F)F)cc(C(F)(F)F)c2)cc1. The number of aliphatic carboxylic acids is 1. The first kappa shape index (κ1) is 21.1. The number of carboxylic acid groups (broad SMARTS) is 1. The minimum atomic E-state index is -5.10. The molecule has 28 heavy (non-hydrogen) atoms. The summed E-state index contributed by atoms with van der Waals surface area (Å²) in [5.74, 6) is -1.95. The second-order valence-corrected chi connectivity index (χ2v) is 5.75. The number of hydrogen-bond donors (Lipinski definition) is 4. The molecule has 2 rings (SSSR count). The van der Waals surface area contributed by atoms with Crippen molar-refractivity contribution in [2.45, 2.75) is 18.4 Å². The van der Waals surface area contributed by atoms with Crippen LogP contribution in [-0.2, 0) is 17.1 Å². The van der Waals surface area contributed by atoms with E-state index in [1.54, 1.807) is 0 Å². The van der Waals surface area contributed by atoms with Crippen LogP contribution < -0.4 is 11.1 Å². The maximum Gasteiger partial charge on any atom is 0.416 e. The summed E-state index contributed by atoms with van der Waals surface area (Å²) >= 11 is 0. The molecule has 5 nitrogen and oxygen atoms in total. The van der Waals surface area contributed by atoms with Crippen molar-refractivity contribution >= 4 is 17.5 Å². The molecule has 0 aliphatic heterocycles. The molecule has 0 saturated carbocycles. The van der Waals surface area contributed by atoms with Gasteiger partial charge in [0, 0.05) is 11.3 Å². The second kappa shape index (κ2) is 7.41. The van der Waals surface area contributed by atoms with Crippen LogP contribution in [0.4, 0.5) is 32.0 Å². The summed E-state index contributed by atoms with van der Waals surface area (Å²) in [4.78, 5) is 11.5. The van der Waals surface area contributed by atoms with E-state index in [0.29, 0.717) is 17.7 Å². The smallest absolute Gasteiger partial charge is 0.416 e. The Balaban J connectivity index is 2.50. The van der Waals surface area contributed by atoms with Crippen molar-refractivity contribution in [3.8, 4) is 0 Å². The molecule has 0 amide bonds. The molecule has 1 unspecified atom stereocenters. The van der Waals surface area contributed by atoms with Crippen LogP contribution in [0, 0.1) is 5.41 Å². The van der Waals surface area contributed by atoms with Crippen LogP contribution in [0.5, 0.6) is 0 Å². The number of halogens is 6. The predicted octanol–water partition coefficient (Wildman–Crippen LogP) is 4.25. The fourth-order valence-corrected chi connectivity index (χ4v) is 2.35. The molecule has 0 saturated heterocycles. The average molecular weight is 405 g/mol. The van der Waals surface area contributed by atoms with Gasteiger partial charge >= 0.3 is 18.3 Å². The third kappa shape index (κ3) is 4.93. The lowest BCUT2D eigenvalue weighted by Gasteiger charge is -2.20. The molecular weight excluding hydrogens is 392 g/mol. The summed E-state index contributed by atoms with van der Waals surface area (Å²) < 4.78 is 77.9. The van der Waals surface area contributed by atoms with Gasteiger partial charge in [-0.25, -0.2) is 4.79 Å². The lowest BCUT2D eigenvalue weighted by molar-refractivity contribution is -0.144. The molecular formula is C17H13F6N3O2. The van der Waals surface area contributed by atoms with Crippen LogP contribution in [0.25, 0.3) is 0 Å². The minimum Gasteiger partial charge on any atom is -0.479 e. The quantitative estimate of drug-likeness (QED) is 0.340. The summed E-state index contributed by atoms with van der Waals surface area (Å²) in [6, 6.07) is 4.02. The zero-order valence-corrected chi connectivity index (χ0v) is 13.8. The van der Waals surface area contributed by atoms with Crippen LogP contribution in [0.1, 0.15) is 28.3 Å². The molecule has 2 aromatic carbocycles. The average Bonchev–Trinajstić information content (AvgIpc) is 2.57. The van der Waals surface area contributed by atoms with Gasteiger partial charge in [-0.05, 0) is 48.0 Å². The lowest BCUT2D eigenvalue weighted by atomic mass is 9.99. The van der Waals surface area contributed by atoms with E-state index in [0.717, 1.165) is 0 Å². The van der Waals surface area contributed by atoms with Crippen LogP contribution in [-0.4, -0.2) is 16.9 Å². The Bertz CT molecular complexity index is 859. The van der Waals surface area contributed by atoms with Gasteiger partial charge < -0.3 is 16.2 Å². The van der Waals surface area contributed by atoms with Crippen molar-refractivity contribution in [1.82, 2.24) is 0 Å². The molecule has 0 aliphatic carbocycles. The standard InChI is InChI=1S/C17H13F6N3O2/c18-16(19,20)10-5-9(6-11(7-10)17(21,22)23)13(15(27)28)26-12-3-1-8(2-4-12)14(24)25/h1-7,13,26H,(H3,24,25)(H,27,28). The Labute approximate surface area is 154 Å². The zero-order chi connectivity index (χ0) is 21.3. The summed E-state index contributed by atoms with van der Waals surface area (Å²) in [5, 5.41) is 19.0. The number of rotatable bonds is 5. The summed E-state index contributed by atoms with van der Waals surface area (Å²) in [7, 11) is 0. The number of carbonyl (C=O) groups is 1. The number of nitrogen functional groups attached to an aromatic ring is 1. The highest BCUT2D eigenvalue weighted by molar-refractivity contribution is 5.95. The fourth-order valence-electron chi connectivity index (χ4n) is 2.35. The highest BCUT2D eigenvalue weighted by Crippen LogP contribution is 2.38. The number of nitrogens with one attached hydrogen (secondary N) is 2. The van der Waals surface area contributed by atoms with Gasteiger partial charge in [0.25, 0.3) is 0 Å². The van der Waals surface area contributed by atoms with Crippen LogP contribution in [0.3, 0.4) is 0 Å². The fraction of sp³-hybridized carbons (Fsp3) is 0.176. The molecule has 0 radical (unpaired) electrons. The van der Waals surface area contributed by atoms with Gasteiger partial charge in [0.1, 0.15) is 5.84 Å². The topological polar surface area (TPSA) is 99.2 Å². The largest absolute Gasteiger partial charge is 0.479 e. The Hall–Kier alpha value is -3.24. The molecule has 2 aromatic rings. The zero-order valence-electron chi connectivity index (χ0n) is 13.8. The third-order valence-corrected chi connectivity index (χ3v) is 3.70. The van der Waals surface area contributed by atoms with Gasteiger partial charge in [0.15, 0.2) is 6.04 Å². The van der Waals surface area contributed by atoms with E-state index in [2.05, 4.69) is 5.32 Å². The van der Waals surface area contributed by atoms with E-state index >= 15 is 0 Å². The van der Waals surface area contributed by atoms with E-state index < -0.39 is 41.1 Å². The molecule has 0 aliphatic rings. The molecule has 11 heteroatoms. The molecule has 0 heterocycles. The third-order valence-electron chi connectivity index (χ3n) is 3.70. The van der Waals surface area contributed by atoms with Crippen molar-refractivity contribution in [3.05, 3.63) is 64.7 Å². The van der Waals surface area contributed by atoms with E-state index in [1.807, 2.05) is 0 Å². The molecule has 0 fully saturated rings. The number of carboxylic acids is 1. The van der Waals surface area contributed by atoms with Gasteiger partial charge in [-0.3, -0.25) is 5.41 Å². The number of amidine groups is 1. The number of nitrogens with two attached hydrogens (primary N) is 1. The molecule has 1 atom stereocenters. The first-order chi connectivity index (χ1) is 12.8. The van der Waals surface area contributed by atoms with Crippen LogP contribution in [0.2, 0.25) is 0 Å². The summed E-state index contributed by atoms with van der Waals surface area (Å²) in [5.41, 5.74) is 1.73. The monoisotopic (exact) mass is 405 g/mol. The van der Waals surface area contributed by atoms with Crippen molar-refractivity contribution in [1.29, 1.82) is 5.41 Å². The van der Waals surface area contributed by atoms with Crippen molar-refractivity contribution in [2.24, 2.45) is 5.73 Å². The van der Waals surface area contributed by atoms with Crippen molar-refractivity contribution in [3.63, 3.8) is 0 Å². The Morgan fingerprint density at radius 3 is 1.79 bits per heavy atom. The minimum absolute atomic E-state index is 0.0793. The van der Waals surface area contributed by atoms with Crippen molar-refractivity contribution in [2.75, 3.05) is 5.32 Å². The van der Waals surface area contributed by atoms with Crippen LogP contribution in [0.15, 0.2) is 42.5 Å². The highest BCUT2D eigenvalue weighted by atomic mass is 19.4. The lowest BCUT2D eigenvalue weighted by Crippen LogP contribution is -2.22. The number of anilines is 1. The first-order valence-corrected chi connectivity index (χ1v) is 7.52. The molecule has 0 spiro atoms. The van der Waals surface area contributed by atoms with Gasteiger partial charge in [0.2, 0.25) is 0 Å². The van der Waals surface area contributed by atoms with E-state index in [1.165, 1.54) is 24.3 Å². The van der Waals surface area contributed by atoms with E-state index in [-0.39, 0.29) is 17.6 Å².